The molecule has 0 radical (unpaired) electrons. The number of hydrogen-bond donors (Lipinski definition) is 1. The molecule has 2 aliphatic heterocycles. The minimum absolute atomic E-state index is 0.0509. The van der Waals surface area contributed by atoms with Gasteiger partial charge in [0.05, 0.1) is 10.4 Å². The minimum Gasteiger partial charge on any atom is -0.324 e. The highest BCUT2D eigenvalue weighted by molar-refractivity contribution is 8.01. The number of anilines is 1. The van der Waals surface area contributed by atoms with Crippen LogP contribution >= 0.6 is 11.8 Å². The largest absolute Gasteiger partial charge is 0.416 e. The summed E-state index contributed by atoms with van der Waals surface area (Å²) in [5.41, 5.74) is -0.484. The van der Waals surface area contributed by atoms with Crippen LogP contribution in [0.25, 0.3) is 0 Å². The van der Waals surface area contributed by atoms with E-state index in [9.17, 15) is 22.8 Å². The van der Waals surface area contributed by atoms with Gasteiger partial charge in [-0.15, -0.1) is 11.8 Å². The van der Waals surface area contributed by atoms with Gasteiger partial charge >= 0.3 is 6.18 Å². The third-order valence-electron chi connectivity index (χ3n) is 4.23. The average molecular weight is 344 g/mol. The molecule has 2 fully saturated rings. The van der Waals surface area contributed by atoms with Gasteiger partial charge in [0.2, 0.25) is 11.8 Å². The first-order valence-electron chi connectivity index (χ1n) is 7.15. The highest BCUT2D eigenvalue weighted by Gasteiger charge is 2.52. The second-order valence-corrected chi connectivity index (χ2v) is 7.33. The molecule has 2 amide bonds. The number of rotatable bonds is 2. The lowest BCUT2D eigenvalue weighted by Gasteiger charge is -2.29. The van der Waals surface area contributed by atoms with E-state index in [1.165, 1.54) is 12.1 Å². The van der Waals surface area contributed by atoms with Gasteiger partial charge in [0.25, 0.3) is 0 Å². The first kappa shape index (κ1) is 16.2. The predicted molar refractivity (Wildman–Crippen MR) is 80.8 cm³/mol. The Bertz CT molecular complexity index is 647. The fraction of sp³-hybridized carbons (Fsp3) is 0.467. The van der Waals surface area contributed by atoms with Crippen LogP contribution in [0.2, 0.25) is 0 Å². The quantitative estimate of drug-likeness (QED) is 0.897. The number of thioether (sulfide) groups is 1. The van der Waals surface area contributed by atoms with E-state index in [1.807, 2.05) is 6.92 Å². The standard InChI is InChI=1S/C15H15F3N2O2S/c1-14-7-6-12(21)20(14)11(8-23-14)13(22)19-10-4-2-9(3-5-10)15(16,17)18/h2-5,11H,6-8H2,1H3,(H,19,22). The van der Waals surface area contributed by atoms with E-state index in [0.29, 0.717) is 18.6 Å². The van der Waals surface area contributed by atoms with Crippen LogP contribution in [-0.2, 0) is 15.8 Å². The lowest BCUT2D eigenvalue weighted by Crippen LogP contribution is -2.48. The third kappa shape index (κ3) is 2.91. The van der Waals surface area contributed by atoms with Crippen LogP contribution in [0.15, 0.2) is 24.3 Å². The summed E-state index contributed by atoms with van der Waals surface area (Å²) < 4.78 is 37.6. The van der Waals surface area contributed by atoms with E-state index < -0.39 is 17.8 Å². The fourth-order valence-electron chi connectivity index (χ4n) is 2.98. The Labute approximate surface area is 135 Å². The molecule has 23 heavy (non-hydrogen) atoms. The summed E-state index contributed by atoms with van der Waals surface area (Å²) in [4.78, 5) is 25.6. The lowest BCUT2D eigenvalue weighted by molar-refractivity contribution is -0.137. The second-order valence-electron chi connectivity index (χ2n) is 5.83. The molecule has 0 spiro atoms. The van der Waals surface area contributed by atoms with E-state index in [-0.39, 0.29) is 22.4 Å². The van der Waals surface area contributed by atoms with Gasteiger partial charge in [-0.05, 0) is 37.6 Å². The van der Waals surface area contributed by atoms with E-state index in [0.717, 1.165) is 12.1 Å². The molecule has 1 N–H and O–H groups in total. The van der Waals surface area contributed by atoms with Crippen LogP contribution < -0.4 is 5.32 Å². The number of alkyl halides is 3. The molecule has 2 atom stereocenters. The van der Waals surface area contributed by atoms with Crippen LogP contribution in [0, 0.1) is 0 Å². The predicted octanol–water partition coefficient (Wildman–Crippen LogP) is 3.10. The molecule has 2 heterocycles. The molecule has 8 heteroatoms. The number of benzene rings is 1. The summed E-state index contributed by atoms with van der Waals surface area (Å²) in [6.45, 7) is 1.94. The maximum atomic E-state index is 12.5. The molecule has 0 bridgehead atoms. The van der Waals surface area contributed by atoms with E-state index in [4.69, 9.17) is 0 Å². The monoisotopic (exact) mass is 344 g/mol. The van der Waals surface area contributed by atoms with Gasteiger partial charge in [-0.1, -0.05) is 0 Å². The number of nitrogens with one attached hydrogen (secondary N) is 1. The summed E-state index contributed by atoms with van der Waals surface area (Å²) in [5.74, 6) is 0.0793. The molecule has 124 valence electrons. The molecular weight excluding hydrogens is 329 g/mol. The van der Waals surface area contributed by atoms with E-state index >= 15 is 0 Å². The van der Waals surface area contributed by atoms with Gasteiger partial charge in [-0.25, -0.2) is 0 Å². The van der Waals surface area contributed by atoms with Crippen molar-refractivity contribution in [3.63, 3.8) is 0 Å². The van der Waals surface area contributed by atoms with Crippen molar-refractivity contribution < 1.29 is 22.8 Å². The maximum Gasteiger partial charge on any atom is 0.416 e. The van der Waals surface area contributed by atoms with Gasteiger partial charge in [0, 0.05) is 17.9 Å². The molecule has 1 aromatic carbocycles. The third-order valence-corrected chi connectivity index (χ3v) is 5.73. The van der Waals surface area contributed by atoms with E-state index in [2.05, 4.69) is 5.32 Å². The van der Waals surface area contributed by atoms with Gasteiger partial charge in [0.15, 0.2) is 0 Å². The maximum absolute atomic E-state index is 12.5. The van der Waals surface area contributed by atoms with Crippen LogP contribution in [0.5, 0.6) is 0 Å². The molecule has 3 rings (SSSR count). The molecule has 0 aromatic heterocycles. The fourth-order valence-corrected chi connectivity index (χ4v) is 4.41. The zero-order valence-corrected chi connectivity index (χ0v) is 13.1. The van der Waals surface area contributed by atoms with Crippen molar-refractivity contribution in [2.24, 2.45) is 0 Å². The highest BCUT2D eigenvalue weighted by Crippen LogP contribution is 2.47. The van der Waals surface area contributed by atoms with Crippen molar-refractivity contribution >= 4 is 29.3 Å². The Morgan fingerprint density at radius 1 is 1.35 bits per heavy atom. The normalized spacial score (nSPS) is 27.2. The van der Waals surface area contributed by atoms with Crippen LogP contribution in [0.3, 0.4) is 0 Å². The van der Waals surface area contributed by atoms with Gasteiger partial charge < -0.3 is 10.2 Å². The van der Waals surface area contributed by atoms with Crippen LogP contribution in [0.1, 0.15) is 25.3 Å². The molecular formula is C15H15F3N2O2S. The van der Waals surface area contributed by atoms with Crippen LogP contribution in [0.4, 0.5) is 18.9 Å². The van der Waals surface area contributed by atoms with E-state index in [1.54, 1.807) is 16.7 Å². The van der Waals surface area contributed by atoms with Crippen molar-refractivity contribution in [3.8, 4) is 0 Å². The van der Waals surface area contributed by atoms with Crippen molar-refractivity contribution in [1.82, 2.24) is 4.90 Å². The molecule has 2 aliphatic rings. The SMILES string of the molecule is CC12CCC(=O)N1C(C(=O)Nc1ccc(C(F)(F)F)cc1)CS2. The number of hydrogen-bond acceptors (Lipinski definition) is 3. The zero-order chi connectivity index (χ0) is 16.8. The summed E-state index contributed by atoms with van der Waals surface area (Å²) in [6.07, 6.45) is -3.28. The molecule has 0 saturated carbocycles. The van der Waals surface area contributed by atoms with Gasteiger partial charge in [0.1, 0.15) is 6.04 Å². The van der Waals surface area contributed by atoms with Gasteiger partial charge in [-0.2, -0.15) is 13.2 Å². The van der Waals surface area contributed by atoms with Crippen LogP contribution in [-0.4, -0.2) is 33.4 Å². The van der Waals surface area contributed by atoms with Crippen molar-refractivity contribution in [2.45, 2.75) is 36.9 Å². The highest BCUT2D eigenvalue weighted by atomic mass is 32.2. The number of halogens is 3. The van der Waals surface area contributed by atoms with Crippen molar-refractivity contribution in [3.05, 3.63) is 29.8 Å². The smallest absolute Gasteiger partial charge is 0.324 e. The average Bonchev–Trinajstić information content (AvgIpc) is 2.96. The first-order chi connectivity index (χ1) is 10.7. The number of amides is 2. The zero-order valence-electron chi connectivity index (χ0n) is 12.3. The Balaban J connectivity index is 1.71. The molecule has 2 unspecified atom stereocenters. The summed E-state index contributed by atoms with van der Waals surface area (Å²) in [5, 5.41) is 2.60. The van der Waals surface area contributed by atoms with Gasteiger partial charge in [-0.3, -0.25) is 9.59 Å². The minimum atomic E-state index is -4.41. The molecule has 1 aromatic rings. The summed E-state index contributed by atoms with van der Waals surface area (Å²) >= 11 is 1.57. The van der Waals surface area contributed by atoms with Crippen molar-refractivity contribution in [2.75, 3.05) is 11.1 Å². The Morgan fingerprint density at radius 2 is 2.00 bits per heavy atom. The Kier molecular flexibility index (Phi) is 3.82. The van der Waals surface area contributed by atoms with Crippen molar-refractivity contribution in [1.29, 1.82) is 0 Å². The number of fused-ring (bicyclic) bond motifs is 1. The number of carbonyl (C=O) groups excluding carboxylic acids is 2. The summed E-state index contributed by atoms with van der Waals surface area (Å²) in [6, 6.07) is 3.69. The molecule has 2 saturated heterocycles. The number of carbonyl (C=O) groups is 2. The second kappa shape index (κ2) is 5.43. The Hall–Kier alpha value is -1.70. The first-order valence-corrected chi connectivity index (χ1v) is 8.13. The lowest BCUT2D eigenvalue weighted by atomic mass is 10.2. The summed E-state index contributed by atoms with van der Waals surface area (Å²) in [7, 11) is 0. The topological polar surface area (TPSA) is 49.4 Å². The molecule has 0 aliphatic carbocycles. The Morgan fingerprint density at radius 3 is 2.61 bits per heavy atom. The molecule has 4 nitrogen and oxygen atoms in total. The number of nitrogens with zero attached hydrogens (tertiary/aromatic N) is 1.